The number of aryl methyl sites for hydroxylation is 1. The number of ketones is 2. The van der Waals surface area contributed by atoms with Crippen LogP contribution in [0.5, 0.6) is 5.75 Å². The molecule has 1 unspecified atom stereocenters. The van der Waals surface area contributed by atoms with E-state index in [1.54, 1.807) is 6.07 Å². The Morgan fingerprint density at radius 3 is 2.56 bits per heavy atom. The molecule has 27 heavy (non-hydrogen) atoms. The highest BCUT2D eigenvalue weighted by Gasteiger charge is 2.33. The van der Waals surface area contributed by atoms with Gasteiger partial charge in [0.2, 0.25) is 0 Å². The zero-order chi connectivity index (χ0) is 18.8. The summed E-state index contributed by atoms with van der Waals surface area (Å²) in [7, 11) is 0. The van der Waals surface area contributed by atoms with Gasteiger partial charge in [0.25, 0.3) is 0 Å². The number of hydrogen-bond donors (Lipinski definition) is 0. The molecule has 3 aromatic rings. The number of ether oxygens (including phenoxy) is 1. The van der Waals surface area contributed by atoms with Crippen LogP contribution < -0.4 is 4.74 Å². The minimum Gasteiger partial charge on any atom is -0.489 e. The Hall–Kier alpha value is -3.14. The molecule has 0 radical (unpaired) electrons. The van der Waals surface area contributed by atoms with E-state index >= 15 is 0 Å². The standard InChI is InChI=1S/C23H20O4/c1-15(24)19-11-12-21-20(23(19)25)13-22(27-21)17-7-9-18(10-8-17)26-14-16-5-3-2-4-6-16/h2-10,13,19H,11-12,14H2,1H3. The van der Waals surface area contributed by atoms with Crippen molar-refractivity contribution >= 4 is 11.6 Å². The molecule has 0 fully saturated rings. The third-order valence-corrected chi connectivity index (χ3v) is 4.93. The van der Waals surface area contributed by atoms with Crippen molar-refractivity contribution in [3.05, 3.63) is 77.6 Å². The maximum Gasteiger partial charge on any atom is 0.176 e. The van der Waals surface area contributed by atoms with E-state index in [0.29, 0.717) is 36.5 Å². The predicted octanol–water partition coefficient (Wildman–Crippen LogP) is 4.86. The largest absolute Gasteiger partial charge is 0.489 e. The molecule has 1 aliphatic carbocycles. The summed E-state index contributed by atoms with van der Waals surface area (Å²) in [5.41, 5.74) is 2.53. The number of carbonyl (C=O) groups excluding carboxylic acids is 2. The van der Waals surface area contributed by atoms with Crippen molar-refractivity contribution in [3.63, 3.8) is 0 Å². The average Bonchev–Trinajstić information content (AvgIpc) is 3.13. The van der Waals surface area contributed by atoms with Gasteiger partial charge >= 0.3 is 0 Å². The van der Waals surface area contributed by atoms with Gasteiger partial charge in [-0.25, -0.2) is 0 Å². The molecule has 136 valence electrons. The van der Waals surface area contributed by atoms with E-state index in [-0.39, 0.29) is 11.6 Å². The number of Topliss-reactive ketones (excluding diaryl/α,β-unsaturated/α-hetero) is 2. The predicted molar refractivity (Wildman–Crippen MR) is 102 cm³/mol. The van der Waals surface area contributed by atoms with Gasteiger partial charge < -0.3 is 9.15 Å². The number of furan rings is 1. The number of carbonyl (C=O) groups is 2. The second-order valence-electron chi connectivity index (χ2n) is 6.81. The van der Waals surface area contributed by atoms with Gasteiger partial charge in [0.15, 0.2) is 5.78 Å². The Balaban J connectivity index is 1.49. The maximum absolute atomic E-state index is 12.5. The highest BCUT2D eigenvalue weighted by molar-refractivity contribution is 6.11. The van der Waals surface area contributed by atoms with Crippen molar-refractivity contribution in [2.24, 2.45) is 5.92 Å². The summed E-state index contributed by atoms with van der Waals surface area (Å²) in [5.74, 6) is 1.36. The van der Waals surface area contributed by atoms with Crippen molar-refractivity contribution in [1.29, 1.82) is 0 Å². The zero-order valence-electron chi connectivity index (χ0n) is 15.1. The van der Waals surface area contributed by atoms with E-state index in [4.69, 9.17) is 9.15 Å². The lowest BCUT2D eigenvalue weighted by Crippen LogP contribution is -2.26. The molecule has 1 aromatic heterocycles. The summed E-state index contributed by atoms with van der Waals surface area (Å²) in [6, 6.07) is 19.4. The Kier molecular flexibility index (Phi) is 4.63. The summed E-state index contributed by atoms with van der Waals surface area (Å²) in [5, 5.41) is 0. The molecule has 0 bridgehead atoms. The Labute approximate surface area is 157 Å². The fraction of sp³-hybridized carbons (Fsp3) is 0.217. The van der Waals surface area contributed by atoms with E-state index in [0.717, 1.165) is 16.9 Å². The van der Waals surface area contributed by atoms with Crippen molar-refractivity contribution in [3.8, 4) is 17.1 Å². The molecular weight excluding hydrogens is 340 g/mol. The first-order valence-corrected chi connectivity index (χ1v) is 9.06. The van der Waals surface area contributed by atoms with Crippen molar-refractivity contribution in [1.82, 2.24) is 0 Å². The van der Waals surface area contributed by atoms with Gasteiger partial charge in [-0.15, -0.1) is 0 Å². The molecule has 1 aliphatic rings. The van der Waals surface area contributed by atoms with Gasteiger partial charge in [-0.3, -0.25) is 9.59 Å². The van der Waals surface area contributed by atoms with Crippen LogP contribution in [0.25, 0.3) is 11.3 Å². The Morgan fingerprint density at radius 2 is 1.85 bits per heavy atom. The second kappa shape index (κ2) is 7.23. The van der Waals surface area contributed by atoms with E-state index in [1.165, 1.54) is 6.92 Å². The molecule has 0 aliphatic heterocycles. The quantitative estimate of drug-likeness (QED) is 0.610. The minimum absolute atomic E-state index is 0.0756. The van der Waals surface area contributed by atoms with Gasteiger partial charge in [0, 0.05) is 12.0 Å². The lowest BCUT2D eigenvalue weighted by atomic mass is 9.84. The Bertz CT molecular complexity index is 967. The third-order valence-electron chi connectivity index (χ3n) is 4.93. The summed E-state index contributed by atoms with van der Waals surface area (Å²) in [6.07, 6.45) is 1.14. The molecule has 0 amide bonds. The molecule has 0 spiro atoms. The Morgan fingerprint density at radius 1 is 1.11 bits per heavy atom. The molecule has 0 N–H and O–H groups in total. The number of hydrogen-bond acceptors (Lipinski definition) is 4. The molecule has 0 saturated carbocycles. The maximum atomic E-state index is 12.5. The van der Waals surface area contributed by atoms with Crippen LogP contribution in [0.3, 0.4) is 0 Å². The average molecular weight is 360 g/mol. The normalized spacial score (nSPS) is 16.0. The SMILES string of the molecule is CC(=O)C1CCc2oc(-c3ccc(OCc4ccccc4)cc3)cc2C1=O. The first-order valence-electron chi connectivity index (χ1n) is 9.06. The molecule has 1 atom stereocenters. The van der Waals surface area contributed by atoms with Crippen LogP contribution in [0.2, 0.25) is 0 Å². The highest BCUT2D eigenvalue weighted by atomic mass is 16.5. The first-order chi connectivity index (χ1) is 13.1. The molecule has 2 aromatic carbocycles. The number of rotatable bonds is 5. The third kappa shape index (κ3) is 3.56. The zero-order valence-corrected chi connectivity index (χ0v) is 15.1. The van der Waals surface area contributed by atoms with Crippen LogP contribution in [0, 0.1) is 5.92 Å². The van der Waals surface area contributed by atoms with Crippen molar-refractivity contribution in [2.45, 2.75) is 26.4 Å². The van der Waals surface area contributed by atoms with Crippen LogP contribution in [0.4, 0.5) is 0 Å². The van der Waals surface area contributed by atoms with E-state index in [2.05, 4.69) is 0 Å². The van der Waals surface area contributed by atoms with Crippen LogP contribution in [0.15, 0.2) is 65.1 Å². The van der Waals surface area contributed by atoms with Crippen molar-refractivity contribution < 1.29 is 18.7 Å². The fourth-order valence-electron chi connectivity index (χ4n) is 3.40. The smallest absolute Gasteiger partial charge is 0.176 e. The summed E-state index contributed by atoms with van der Waals surface area (Å²) >= 11 is 0. The highest BCUT2D eigenvalue weighted by Crippen LogP contribution is 2.33. The number of benzene rings is 2. The van der Waals surface area contributed by atoms with Gasteiger partial charge in [-0.05, 0) is 49.2 Å². The summed E-state index contributed by atoms with van der Waals surface area (Å²) < 4.78 is 11.7. The molecule has 0 saturated heterocycles. The first kappa shape index (κ1) is 17.3. The lowest BCUT2D eigenvalue weighted by Gasteiger charge is -2.16. The topological polar surface area (TPSA) is 56.5 Å². The van der Waals surface area contributed by atoms with Crippen LogP contribution in [-0.4, -0.2) is 11.6 Å². The lowest BCUT2D eigenvalue weighted by molar-refractivity contribution is -0.119. The molecular formula is C23H20O4. The second-order valence-corrected chi connectivity index (χ2v) is 6.81. The van der Waals surface area contributed by atoms with Gasteiger partial charge in [0.05, 0.1) is 11.5 Å². The van der Waals surface area contributed by atoms with Gasteiger partial charge in [0.1, 0.15) is 29.7 Å². The van der Waals surface area contributed by atoms with Crippen LogP contribution in [0.1, 0.15) is 35.0 Å². The van der Waals surface area contributed by atoms with Crippen molar-refractivity contribution in [2.75, 3.05) is 0 Å². The minimum atomic E-state index is -0.531. The van der Waals surface area contributed by atoms with Gasteiger partial charge in [-0.2, -0.15) is 0 Å². The fourth-order valence-corrected chi connectivity index (χ4v) is 3.40. The van der Waals surface area contributed by atoms with Crippen LogP contribution in [-0.2, 0) is 17.8 Å². The molecule has 4 nitrogen and oxygen atoms in total. The van der Waals surface area contributed by atoms with E-state index in [1.807, 2.05) is 54.6 Å². The van der Waals surface area contributed by atoms with Crippen LogP contribution >= 0.6 is 0 Å². The van der Waals surface area contributed by atoms with E-state index < -0.39 is 5.92 Å². The van der Waals surface area contributed by atoms with Gasteiger partial charge in [-0.1, -0.05) is 30.3 Å². The monoisotopic (exact) mass is 360 g/mol. The summed E-state index contributed by atoms with van der Waals surface area (Å²) in [4.78, 5) is 24.1. The molecule has 4 heteroatoms. The molecule has 4 rings (SSSR count). The summed E-state index contributed by atoms with van der Waals surface area (Å²) in [6.45, 7) is 1.99. The molecule has 1 heterocycles. The number of fused-ring (bicyclic) bond motifs is 1. The van der Waals surface area contributed by atoms with E-state index in [9.17, 15) is 9.59 Å².